The van der Waals surface area contributed by atoms with E-state index in [1.165, 1.54) is 21.9 Å². The van der Waals surface area contributed by atoms with Gasteiger partial charge in [-0.1, -0.05) is 47.6 Å². The summed E-state index contributed by atoms with van der Waals surface area (Å²) in [7, 11) is 0. The average Bonchev–Trinajstić information content (AvgIpc) is 3.34. The molecule has 5 nitrogen and oxygen atoms in total. The first-order valence-electron chi connectivity index (χ1n) is 9.90. The van der Waals surface area contributed by atoms with E-state index in [4.69, 9.17) is 4.52 Å². The Kier molecular flexibility index (Phi) is 4.24. The Balaban J connectivity index is 1.45. The maximum absolute atomic E-state index is 5.73. The Morgan fingerprint density at radius 3 is 2.82 bits per heavy atom. The van der Waals surface area contributed by atoms with E-state index in [1.807, 2.05) is 10.9 Å². The predicted octanol–water partition coefficient (Wildman–Crippen LogP) is 4.83. The molecule has 28 heavy (non-hydrogen) atoms. The van der Waals surface area contributed by atoms with Crippen molar-refractivity contribution in [2.75, 3.05) is 6.54 Å². The van der Waals surface area contributed by atoms with Gasteiger partial charge < -0.3 is 4.52 Å². The number of fused-ring (bicyclic) bond motifs is 2. The third-order valence-electron chi connectivity index (χ3n) is 5.54. The molecule has 0 aliphatic carbocycles. The molecule has 0 bridgehead atoms. The van der Waals surface area contributed by atoms with Gasteiger partial charge in [-0.3, -0.25) is 9.58 Å². The number of hydrogen-bond acceptors (Lipinski definition) is 4. The zero-order valence-electron chi connectivity index (χ0n) is 16.3. The number of benzene rings is 2. The third-order valence-corrected chi connectivity index (χ3v) is 5.54. The van der Waals surface area contributed by atoms with Gasteiger partial charge in [0.15, 0.2) is 0 Å². The van der Waals surface area contributed by atoms with Crippen LogP contribution in [0.1, 0.15) is 36.8 Å². The van der Waals surface area contributed by atoms with E-state index in [-0.39, 0.29) is 0 Å². The van der Waals surface area contributed by atoms with Crippen LogP contribution in [0.25, 0.3) is 22.0 Å². The number of nitrogens with zero attached hydrogens (tertiary/aromatic N) is 4. The van der Waals surface area contributed by atoms with E-state index in [9.17, 15) is 0 Å². The quantitative estimate of drug-likeness (QED) is 0.515. The van der Waals surface area contributed by atoms with Crippen molar-refractivity contribution in [2.45, 2.75) is 39.4 Å². The zero-order chi connectivity index (χ0) is 19.1. The van der Waals surface area contributed by atoms with Crippen molar-refractivity contribution >= 4 is 10.8 Å². The first-order chi connectivity index (χ1) is 13.7. The van der Waals surface area contributed by atoms with Gasteiger partial charge in [-0.2, -0.15) is 5.10 Å². The van der Waals surface area contributed by atoms with Crippen LogP contribution >= 0.6 is 0 Å². The van der Waals surface area contributed by atoms with Gasteiger partial charge in [0.2, 0.25) is 0 Å². The molecule has 0 radical (unpaired) electrons. The highest BCUT2D eigenvalue weighted by Crippen LogP contribution is 2.34. The van der Waals surface area contributed by atoms with Crippen molar-refractivity contribution in [3.05, 3.63) is 71.7 Å². The molecular formula is C23H24N4O. The fraction of sp³-hybridized carbons (Fsp3) is 0.304. The van der Waals surface area contributed by atoms with Crippen LogP contribution in [0.4, 0.5) is 0 Å². The largest absolute Gasteiger partial charge is 0.360 e. The Bertz CT molecular complexity index is 1120. The van der Waals surface area contributed by atoms with Gasteiger partial charge in [-0.15, -0.1) is 0 Å². The predicted molar refractivity (Wildman–Crippen MR) is 110 cm³/mol. The van der Waals surface area contributed by atoms with Gasteiger partial charge >= 0.3 is 0 Å². The van der Waals surface area contributed by atoms with Crippen molar-refractivity contribution in [2.24, 2.45) is 0 Å². The third kappa shape index (κ3) is 3.02. The van der Waals surface area contributed by atoms with Crippen LogP contribution in [0.2, 0.25) is 0 Å². The molecule has 4 aromatic rings. The van der Waals surface area contributed by atoms with Crippen molar-refractivity contribution in [1.29, 1.82) is 0 Å². The molecule has 2 aromatic carbocycles. The van der Waals surface area contributed by atoms with Crippen LogP contribution in [-0.2, 0) is 19.5 Å². The molecule has 5 heteroatoms. The minimum atomic E-state index is 0.387. The van der Waals surface area contributed by atoms with Gasteiger partial charge in [-0.05, 0) is 24.6 Å². The van der Waals surface area contributed by atoms with Gasteiger partial charge in [0.25, 0.3) is 0 Å². The highest BCUT2D eigenvalue weighted by molar-refractivity contribution is 5.96. The SMILES string of the molecule is CC(C)n1cc(CN2CCc3onc(-c4cccc5ccccc45)c3C2)cn1. The highest BCUT2D eigenvalue weighted by Gasteiger charge is 2.26. The van der Waals surface area contributed by atoms with E-state index in [1.54, 1.807) is 0 Å². The van der Waals surface area contributed by atoms with Crippen LogP contribution in [0.5, 0.6) is 0 Å². The summed E-state index contributed by atoms with van der Waals surface area (Å²) in [6.45, 7) is 7.02. The van der Waals surface area contributed by atoms with Crippen LogP contribution in [0, 0.1) is 0 Å². The maximum atomic E-state index is 5.73. The lowest BCUT2D eigenvalue weighted by Gasteiger charge is -2.25. The van der Waals surface area contributed by atoms with Gasteiger partial charge in [0.05, 0.1) is 6.20 Å². The summed E-state index contributed by atoms with van der Waals surface area (Å²) in [5.41, 5.74) is 4.60. The van der Waals surface area contributed by atoms with Crippen molar-refractivity contribution < 1.29 is 4.52 Å². The number of rotatable bonds is 4. The zero-order valence-corrected chi connectivity index (χ0v) is 16.3. The monoisotopic (exact) mass is 372 g/mol. The summed E-state index contributed by atoms with van der Waals surface area (Å²) in [6, 6.07) is 15.2. The van der Waals surface area contributed by atoms with Crippen molar-refractivity contribution in [3.8, 4) is 11.3 Å². The van der Waals surface area contributed by atoms with Gasteiger partial charge in [0, 0.05) is 55.0 Å². The molecule has 0 fully saturated rings. The normalized spacial score (nSPS) is 14.7. The fourth-order valence-electron chi connectivity index (χ4n) is 4.04. The van der Waals surface area contributed by atoms with E-state index in [0.717, 1.165) is 43.1 Å². The summed E-state index contributed by atoms with van der Waals surface area (Å²) in [6.07, 6.45) is 5.03. The molecule has 2 aromatic heterocycles. The molecule has 3 heterocycles. The Labute approximate surface area is 164 Å². The van der Waals surface area contributed by atoms with Crippen LogP contribution in [0.3, 0.4) is 0 Å². The van der Waals surface area contributed by atoms with Gasteiger partial charge in [-0.25, -0.2) is 0 Å². The molecule has 1 aliphatic rings. The van der Waals surface area contributed by atoms with Gasteiger partial charge in [0.1, 0.15) is 11.5 Å². The molecule has 0 spiro atoms. The summed E-state index contributed by atoms with van der Waals surface area (Å²) in [5, 5.41) is 11.4. The van der Waals surface area contributed by atoms with E-state index in [0.29, 0.717) is 6.04 Å². The Morgan fingerprint density at radius 2 is 1.96 bits per heavy atom. The molecule has 0 saturated carbocycles. The second-order valence-electron chi connectivity index (χ2n) is 7.84. The fourth-order valence-corrected chi connectivity index (χ4v) is 4.04. The molecular weight excluding hydrogens is 348 g/mol. The Hall–Kier alpha value is -2.92. The second-order valence-corrected chi connectivity index (χ2v) is 7.84. The van der Waals surface area contributed by atoms with Crippen LogP contribution < -0.4 is 0 Å². The van der Waals surface area contributed by atoms with Crippen molar-refractivity contribution in [1.82, 2.24) is 19.8 Å². The maximum Gasteiger partial charge on any atom is 0.143 e. The van der Waals surface area contributed by atoms with Crippen LogP contribution in [-0.4, -0.2) is 26.4 Å². The number of hydrogen-bond donors (Lipinski definition) is 0. The lowest BCUT2D eigenvalue weighted by atomic mass is 9.97. The first kappa shape index (κ1) is 17.2. The lowest BCUT2D eigenvalue weighted by molar-refractivity contribution is 0.228. The summed E-state index contributed by atoms with van der Waals surface area (Å²) >= 11 is 0. The number of aromatic nitrogens is 3. The standard InChI is InChI=1S/C23H24N4O/c1-16(2)27-14-17(12-24-27)13-26-11-10-22-21(15-26)23(25-28-22)20-9-5-7-18-6-3-4-8-19(18)20/h3-9,12,14,16H,10-11,13,15H2,1-2H3. The molecule has 5 rings (SSSR count). The lowest BCUT2D eigenvalue weighted by Crippen LogP contribution is -2.29. The second kappa shape index (κ2) is 6.91. The molecule has 0 unspecified atom stereocenters. The smallest absolute Gasteiger partial charge is 0.143 e. The van der Waals surface area contributed by atoms with E-state index >= 15 is 0 Å². The summed E-state index contributed by atoms with van der Waals surface area (Å²) in [4.78, 5) is 2.45. The Morgan fingerprint density at radius 1 is 1.11 bits per heavy atom. The molecule has 0 N–H and O–H groups in total. The highest BCUT2D eigenvalue weighted by atomic mass is 16.5. The molecule has 0 saturated heterocycles. The molecule has 142 valence electrons. The summed E-state index contributed by atoms with van der Waals surface area (Å²) in [5.74, 6) is 1.03. The minimum absolute atomic E-state index is 0.387. The topological polar surface area (TPSA) is 47.1 Å². The molecule has 0 amide bonds. The minimum Gasteiger partial charge on any atom is -0.360 e. The first-order valence-corrected chi connectivity index (χ1v) is 9.90. The molecule has 1 aliphatic heterocycles. The van der Waals surface area contributed by atoms with Crippen molar-refractivity contribution in [3.63, 3.8) is 0 Å². The van der Waals surface area contributed by atoms with E-state index in [2.05, 4.69) is 77.7 Å². The van der Waals surface area contributed by atoms with E-state index < -0.39 is 0 Å². The average molecular weight is 372 g/mol. The molecule has 0 atom stereocenters. The van der Waals surface area contributed by atoms with Crippen LogP contribution in [0.15, 0.2) is 59.4 Å². The summed E-state index contributed by atoms with van der Waals surface area (Å²) < 4.78 is 7.75.